The van der Waals surface area contributed by atoms with E-state index in [2.05, 4.69) is 15.2 Å². The van der Waals surface area contributed by atoms with Crippen molar-refractivity contribution in [2.45, 2.75) is 12.8 Å². The highest BCUT2D eigenvalue weighted by Crippen LogP contribution is 2.36. The van der Waals surface area contributed by atoms with Crippen molar-refractivity contribution in [1.29, 1.82) is 0 Å². The second-order valence-corrected chi connectivity index (χ2v) is 6.50. The Morgan fingerprint density at radius 2 is 2.12 bits per heavy atom. The van der Waals surface area contributed by atoms with Crippen LogP contribution in [0.4, 0.5) is 5.69 Å². The van der Waals surface area contributed by atoms with Gasteiger partial charge in [-0.25, -0.2) is 4.68 Å². The molecule has 1 aliphatic heterocycles. The molecule has 134 valence electrons. The van der Waals surface area contributed by atoms with E-state index >= 15 is 0 Å². The molecule has 7 heteroatoms. The van der Waals surface area contributed by atoms with Crippen LogP contribution in [-0.4, -0.2) is 35.3 Å². The third-order valence-electron chi connectivity index (χ3n) is 4.33. The summed E-state index contributed by atoms with van der Waals surface area (Å²) in [6.45, 7) is 2.00. The number of benzene rings is 2. The molecule has 2 heterocycles. The van der Waals surface area contributed by atoms with Crippen molar-refractivity contribution in [2.75, 3.05) is 25.2 Å². The van der Waals surface area contributed by atoms with Crippen LogP contribution in [-0.2, 0) is 11.3 Å². The van der Waals surface area contributed by atoms with Gasteiger partial charge in [-0.05, 0) is 29.8 Å². The highest BCUT2D eigenvalue weighted by atomic mass is 35.5. The zero-order valence-corrected chi connectivity index (χ0v) is 15.1. The molecule has 26 heavy (non-hydrogen) atoms. The van der Waals surface area contributed by atoms with Gasteiger partial charge >= 0.3 is 0 Å². The first kappa shape index (κ1) is 16.9. The molecule has 0 N–H and O–H groups in total. The van der Waals surface area contributed by atoms with Crippen molar-refractivity contribution < 1.29 is 9.47 Å². The fourth-order valence-corrected chi connectivity index (χ4v) is 3.37. The van der Waals surface area contributed by atoms with Gasteiger partial charge < -0.3 is 14.4 Å². The van der Waals surface area contributed by atoms with Gasteiger partial charge in [0, 0.05) is 11.6 Å². The first-order valence-corrected chi connectivity index (χ1v) is 8.78. The predicted octanol–water partition coefficient (Wildman–Crippen LogP) is 3.52. The summed E-state index contributed by atoms with van der Waals surface area (Å²) in [7, 11) is 1.67. The summed E-state index contributed by atoms with van der Waals surface area (Å²) >= 11 is 6.05. The normalized spacial score (nSPS) is 16.8. The quantitative estimate of drug-likeness (QED) is 0.687. The summed E-state index contributed by atoms with van der Waals surface area (Å²) in [5.41, 5.74) is 2.83. The van der Waals surface area contributed by atoms with Gasteiger partial charge in [-0.3, -0.25) is 0 Å². The SMILES string of the molecule is COc1ccccc1N1CCOC1c1cn(Cc2cccc(Cl)c2)nn1. The van der Waals surface area contributed by atoms with Gasteiger partial charge in [0.25, 0.3) is 0 Å². The lowest BCUT2D eigenvalue weighted by Gasteiger charge is -2.25. The Bertz CT molecular complexity index is 899. The maximum atomic E-state index is 6.05. The second kappa shape index (κ2) is 7.35. The largest absolute Gasteiger partial charge is 0.495 e. The van der Waals surface area contributed by atoms with Crippen LogP contribution in [0.1, 0.15) is 17.5 Å². The van der Waals surface area contributed by atoms with Gasteiger partial charge in [-0.15, -0.1) is 5.10 Å². The number of halogens is 1. The number of nitrogens with zero attached hydrogens (tertiary/aromatic N) is 4. The highest BCUT2D eigenvalue weighted by Gasteiger charge is 2.31. The molecule has 6 nitrogen and oxygen atoms in total. The lowest BCUT2D eigenvalue weighted by atomic mass is 10.2. The van der Waals surface area contributed by atoms with Crippen molar-refractivity contribution in [3.8, 4) is 5.75 Å². The number of ether oxygens (including phenoxy) is 2. The maximum Gasteiger partial charge on any atom is 0.177 e. The Morgan fingerprint density at radius 3 is 2.96 bits per heavy atom. The van der Waals surface area contributed by atoms with E-state index in [-0.39, 0.29) is 6.23 Å². The zero-order chi connectivity index (χ0) is 17.9. The van der Waals surface area contributed by atoms with Gasteiger partial charge in [0.15, 0.2) is 6.23 Å². The minimum atomic E-state index is -0.278. The Kier molecular flexibility index (Phi) is 4.77. The van der Waals surface area contributed by atoms with Crippen LogP contribution in [0.25, 0.3) is 0 Å². The summed E-state index contributed by atoms with van der Waals surface area (Å²) in [5.74, 6) is 0.814. The highest BCUT2D eigenvalue weighted by molar-refractivity contribution is 6.30. The molecule has 0 amide bonds. The second-order valence-electron chi connectivity index (χ2n) is 6.06. The van der Waals surface area contributed by atoms with Crippen LogP contribution in [0.3, 0.4) is 0 Å². The average molecular weight is 371 g/mol. The number of methoxy groups -OCH3 is 1. The van der Waals surface area contributed by atoms with E-state index in [1.165, 1.54) is 0 Å². The van der Waals surface area contributed by atoms with Crippen LogP contribution >= 0.6 is 11.6 Å². The van der Waals surface area contributed by atoms with Crippen molar-refractivity contribution in [3.63, 3.8) is 0 Å². The first-order chi connectivity index (χ1) is 12.7. The monoisotopic (exact) mass is 370 g/mol. The third-order valence-corrected chi connectivity index (χ3v) is 4.56. The summed E-state index contributed by atoms with van der Waals surface area (Å²) < 4.78 is 13.2. The lowest BCUT2D eigenvalue weighted by Crippen LogP contribution is -2.24. The molecule has 0 spiro atoms. The molecule has 1 fully saturated rings. The number of rotatable bonds is 5. The number of aromatic nitrogens is 3. The van der Waals surface area contributed by atoms with Crippen molar-refractivity contribution in [2.24, 2.45) is 0 Å². The topological polar surface area (TPSA) is 52.4 Å². The number of anilines is 1. The molecule has 0 aliphatic carbocycles. The zero-order valence-electron chi connectivity index (χ0n) is 14.4. The fraction of sp³-hybridized carbons (Fsp3) is 0.263. The van der Waals surface area contributed by atoms with Gasteiger partial charge in [0.05, 0.1) is 32.1 Å². The van der Waals surface area contributed by atoms with Crippen molar-refractivity contribution in [1.82, 2.24) is 15.0 Å². The van der Waals surface area contributed by atoms with E-state index in [0.717, 1.165) is 29.2 Å². The molecule has 1 saturated heterocycles. The number of hydrogen-bond donors (Lipinski definition) is 0. The van der Waals surface area contributed by atoms with Crippen LogP contribution in [0, 0.1) is 0 Å². The van der Waals surface area contributed by atoms with E-state index in [9.17, 15) is 0 Å². The number of hydrogen-bond acceptors (Lipinski definition) is 5. The van der Waals surface area contributed by atoms with E-state index in [1.54, 1.807) is 11.8 Å². The van der Waals surface area contributed by atoms with Crippen molar-refractivity contribution >= 4 is 17.3 Å². The molecule has 0 radical (unpaired) electrons. The van der Waals surface area contributed by atoms with Gasteiger partial charge in [0.2, 0.25) is 0 Å². The molecular formula is C19H19ClN4O2. The minimum absolute atomic E-state index is 0.278. The smallest absolute Gasteiger partial charge is 0.177 e. The molecule has 2 aromatic carbocycles. The van der Waals surface area contributed by atoms with E-state index in [1.807, 2.05) is 54.7 Å². The van der Waals surface area contributed by atoms with Crippen LogP contribution in [0.5, 0.6) is 5.75 Å². The third kappa shape index (κ3) is 3.38. The molecule has 0 saturated carbocycles. The molecule has 0 bridgehead atoms. The first-order valence-electron chi connectivity index (χ1n) is 8.40. The van der Waals surface area contributed by atoms with Crippen LogP contribution < -0.4 is 9.64 Å². The van der Waals surface area contributed by atoms with E-state index in [4.69, 9.17) is 21.1 Å². The molecule has 1 aromatic heterocycles. The maximum absolute atomic E-state index is 6.05. The summed E-state index contributed by atoms with van der Waals surface area (Å²) in [6, 6.07) is 15.6. The van der Waals surface area contributed by atoms with Gasteiger partial charge in [0.1, 0.15) is 11.4 Å². The molecule has 3 aromatic rings. The van der Waals surface area contributed by atoms with Crippen molar-refractivity contribution in [3.05, 3.63) is 71.0 Å². The Morgan fingerprint density at radius 1 is 1.23 bits per heavy atom. The minimum Gasteiger partial charge on any atom is -0.495 e. The van der Waals surface area contributed by atoms with Gasteiger partial charge in [-0.1, -0.05) is 41.1 Å². The molecule has 4 rings (SSSR count). The number of para-hydroxylation sites is 2. The van der Waals surface area contributed by atoms with Crippen LogP contribution in [0.2, 0.25) is 5.02 Å². The van der Waals surface area contributed by atoms with E-state index in [0.29, 0.717) is 18.2 Å². The average Bonchev–Trinajstić information content (AvgIpc) is 3.30. The van der Waals surface area contributed by atoms with E-state index < -0.39 is 0 Å². The fourth-order valence-electron chi connectivity index (χ4n) is 3.15. The molecule has 1 atom stereocenters. The Labute approximate surface area is 156 Å². The standard InChI is InChI=1S/C19H19ClN4O2/c1-25-18-8-3-2-7-17(18)24-9-10-26-19(24)16-13-23(22-21-16)12-14-5-4-6-15(20)11-14/h2-8,11,13,19H,9-10,12H2,1H3. The Hall–Kier alpha value is -2.57. The Balaban J connectivity index is 1.56. The molecule has 1 unspecified atom stereocenters. The summed E-state index contributed by atoms with van der Waals surface area (Å²) in [6.07, 6.45) is 1.64. The van der Waals surface area contributed by atoms with Crippen LogP contribution in [0.15, 0.2) is 54.7 Å². The molecule has 1 aliphatic rings. The molecular weight excluding hydrogens is 352 g/mol. The summed E-state index contributed by atoms with van der Waals surface area (Å²) in [5, 5.41) is 9.27. The summed E-state index contributed by atoms with van der Waals surface area (Å²) in [4.78, 5) is 2.15. The predicted molar refractivity (Wildman–Crippen MR) is 99.6 cm³/mol. The lowest BCUT2D eigenvalue weighted by molar-refractivity contribution is 0.110. The van der Waals surface area contributed by atoms with Gasteiger partial charge in [-0.2, -0.15) is 0 Å².